The van der Waals surface area contributed by atoms with E-state index in [2.05, 4.69) is 21.9 Å². The highest BCUT2D eigenvalue weighted by Gasteiger charge is 2.44. The molecule has 5 atom stereocenters. The third-order valence-corrected chi connectivity index (χ3v) is 5.84. The lowest BCUT2D eigenvalue weighted by molar-refractivity contribution is -0.138. The molecule has 0 amide bonds. The summed E-state index contributed by atoms with van der Waals surface area (Å²) in [5, 5.41) is 30.4. The van der Waals surface area contributed by atoms with Gasteiger partial charge in [-0.25, -0.2) is 15.0 Å². The zero-order valence-corrected chi connectivity index (χ0v) is 18.2. The van der Waals surface area contributed by atoms with Crippen molar-refractivity contribution in [1.29, 1.82) is 0 Å². The summed E-state index contributed by atoms with van der Waals surface area (Å²) >= 11 is 0. The fourth-order valence-corrected chi connectivity index (χ4v) is 3.92. The quantitative estimate of drug-likeness (QED) is 0.267. The zero-order valence-electron chi connectivity index (χ0n) is 18.2. The first kappa shape index (κ1) is 24.3. The number of unbranched alkanes of at least 4 members (excludes halogenated alkanes) is 3. The summed E-state index contributed by atoms with van der Waals surface area (Å²) in [7, 11) is 0. The second kappa shape index (κ2) is 11.0. The molecular weight excluding hydrogens is 418 g/mol. The van der Waals surface area contributed by atoms with E-state index in [0.29, 0.717) is 24.3 Å². The number of hydrogen-bond donors (Lipinski definition) is 5. The molecule has 2 aromatic rings. The maximum absolute atomic E-state index is 11.1. The molecule has 178 valence electrons. The molecule has 1 saturated heterocycles. The molecule has 0 unspecified atom stereocenters. The molecule has 32 heavy (non-hydrogen) atoms. The Bertz CT molecular complexity index is 894. The Hall–Kier alpha value is -2.38. The third-order valence-electron chi connectivity index (χ3n) is 5.84. The lowest BCUT2D eigenvalue weighted by atomic mass is 10.1. The van der Waals surface area contributed by atoms with Gasteiger partial charge in [0.1, 0.15) is 36.2 Å². The summed E-state index contributed by atoms with van der Waals surface area (Å²) in [5.41, 5.74) is 12.3. The highest BCUT2D eigenvalue weighted by Crippen LogP contribution is 2.32. The van der Waals surface area contributed by atoms with E-state index in [1.165, 1.54) is 17.2 Å². The minimum Gasteiger partial charge on any atom is -0.480 e. The molecule has 0 aromatic carbocycles. The normalized spacial score (nSPS) is 24.4. The molecule has 7 N–H and O–H groups in total. The van der Waals surface area contributed by atoms with Crippen LogP contribution in [0.25, 0.3) is 11.2 Å². The number of anilines is 1. The highest BCUT2D eigenvalue weighted by molar-refractivity contribution is 5.81. The van der Waals surface area contributed by atoms with E-state index in [4.69, 9.17) is 21.3 Å². The maximum Gasteiger partial charge on any atom is 0.320 e. The fourth-order valence-electron chi connectivity index (χ4n) is 3.92. The number of rotatable bonds is 12. The van der Waals surface area contributed by atoms with Crippen molar-refractivity contribution in [3.63, 3.8) is 0 Å². The maximum atomic E-state index is 11.1. The molecule has 3 heterocycles. The largest absolute Gasteiger partial charge is 0.480 e. The second-order valence-corrected chi connectivity index (χ2v) is 8.22. The van der Waals surface area contributed by atoms with E-state index < -0.39 is 36.6 Å². The number of aromatic nitrogens is 4. The molecule has 0 spiro atoms. The van der Waals surface area contributed by atoms with Crippen molar-refractivity contribution in [2.45, 2.75) is 69.6 Å². The number of carbonyl (C=O) groups is 1. The first-order valence-corrected chi connectivity index (χ1v) is 11.0. The van der Waals surface area contributed by atoms with Crippen LogP contribution in [0, 0.1) is 0 Å². The number of aliphatic carboxylic acids is 1. The Morgan fingerprint density at radius 2 is 2.00 bits per heavy atom. The molecule has 3 rings (SSSR count). The molecule has 0 saturated carbocycles. The lowest BCUT2D eigenvalue weighted by Gasteiger charge is -2.27. The number of carboxylic acids is 1. The third kappa shape index (κ3) is 5.51. The van der Waals surface area contributed by atoms with Crippen LogP contribution in [-0.4, -0.2) is 89.7 Å². The number of aliphatic hydroxyl groups excluding tert-OH is 2. The van der Waals surface area contributed by atoms with Crippen molar-refractivity contribution in [2.75, 3.05) is 25.4 Å². The predicted octanol–water partition coefficient (Wildman–Crippen LogP) is -0.288. The van der Waals surface area contributed by atoms with E-state index in [0.717, 1.165) is 32.2 Å². The van der Waals surface area contributed by atoms with Crippen LogP contribution >= 0.6 is 0 Å². The summed E-state index contributed by atoms with van der Waals surface area (Å²) in [6, 6.07) is -0.955. The molecule has 2 aromatic heterocycles. The number of fused-ring (bicyclic) bond motifs is 1. The second-order valence-electron chi connectivity index (χ2n) is 8.22. The molecule has 0 radical (unpaired) electrons. The zero-order chi connectivity index (χ0) is 23.3. The number of carboxylic acid groups (broad SMARTS) is 1. The van der Waals surface area contributed by atoms with Gasteiger partial charge in [0.15, 0.2) is 17.7 Å². The van der Waals surface area contributed by atoms with Crippen LogP contribution in [0.3, 0.4) is 0 Å². The molecule has 0 bridgehead atoms. The van der Waals surface area contributed by atoms with Crippen molar-refractivity contribution < 1.29 is 24.9 Å². The Balaban J connectivity index is 1.69. The Kier molecular flexibility index (Phi) is 8.32. The van der Waals surface area contributed by atoms with E-state index in [9.17, 15) is 15.0 Å². The molecule has 12 nitrogen and oxygen atoms in total. The predicted molar refractivity (Wildman–Crippen MR) is 116 cm³/mol. The number of nitrogens with zero attached hydrogens (tertiary/aromatic N) is 5. The lowest BCUT2D eigenvalue weighted by Crippen LogP contribution is -2.42. The van der Waals surface area contributed by atoms with E-state index in [1.807, 2.05) is 4.90 Å². The summed E-state index contributed by atoms with van der Waals surface area (Å²) < 4.78 is 7.56. The van der Waals surface area contributed by atoms with E-state index in [1.54, 1.807) is 0 Å². The SMILES string of the molecule is CCCCCCN(CC[C@H](N)C(=O)O)C[C@H]1O[C@@H](n2cnc3c(N)ncnc32)[C@H](O)[C@@H]1O. The topological polar surface area (TPSA) is 186 Å². The van der Waals surface area contributed by atoms with Crippen molar-refractivity contribution in [3.05, 3.63) is 12.7 Å². The highest BCUT2D eigenvalue weighted by atomic mass is 16.6. The van der Waals surface area contributed by atoms with E-state index >= 15 is 0 Å². The van der Waals surface area contributed by atoms with Crippen LogP contribution in [0.1, 0.15) is 45.3 Å². The molecule has 0 aliphatic carbocycles. The number of ether oxygens (including phenoxy) is 1. The van der Waals surface area contributed by atoms with Crippen LogP contribution < -0.4 is 11.5 Å². The van der Waals surface area contributed by atoms with Gasteiger partial charge >= 0.3 is 5.97 Å². The van der Waals surface area contributed by atoms with Crippen molar-refractivity contribution in [3.8, 4) is 0 Å². The van der Waals surface area contributed by atoms with Gasteiger partial charge in [-0.2, -0.15) is 0 Å². The first-order valence-electron chi connectivity index (χ1n) is 11.0. The van der Waals surface area contributed by atoms with Gasteiger partial charge in [-0.05, 0) is 19.4 Å². The minimum absolute atomic E-state index is 0.214. The fraction of sp³-hybridized carbons (Fsp3) is 0.700. The smallest absolute Gasteiger partial charge is 0.320 e. The minimum atomic E-state index is -1.20. The summed E-state index contributed by atoms with van der Waals surface area (Å²) in [4.78, 5) is 25.4. The van der Waals surface area contributed by atoms with Gasteiger partial charge in [-0.15, -0.1) is 0 Å². The van der Waals surface area contributed by atoms with Crippen LogP contribution in [0.5, 0.6) is 0 Å². The molecule has 1 fully saturated rings. The van der Waals surface area contributed by atoms with Gasteiger partial charge < -0.3 is 36.4 Å². The van der Waals surface area contributed by atoms with Gasteiger partial charge in [-0.1, -0.05) is 26.2 Å². The van der Waals surface area contributed by atoms with Crippen LogP contribution in [-0.2, 0) is 9.53 Å². The monoisotopic (exact) mass is 451 g/mol. The average Bonchev–Trinajstić information content (AvgIpc) is 3.31. The summed E-state index contributed by atoms with van der Waals surface area (Å²) in [6.45, 7) is 3.63. The van der Waals surface area contributed by atoms with E-state index in [-0.39, 0.29) is 12.2 Å². The number of nitrogen functional groups attached to an aromatic ring is 1. The Morgan fingerprint density at radius 1 is 1.22 bits per heavy atom. The summed E-state index contributed by atoms with van der Waals surface area (Å²) in [6.07, 6.45) is 3.34. The Morgan fingerprint density at radius 3 is 2.72 bits per heavy atom. The standard InChI is InChI=1S/C20H33N7O5/c1-2-3-4-5-7-26(8-6-12(21)20(30)31)9-13-15(28)16(29)19(32-13)27-11-25-14-17(22)23-10-24-18(14)27/h10-13,15-16,19,28-29H,2-9,21H2,1H3,(H,30,31)(H2,22,23,24)/t12-,13+,15+,16+,19+/m0/s1. The average molecular weight is 452 g/mol. The molecule has 1 aliphatic heterocycles. The van der Waals surface area contributed by atoms with Gasteiger partial charge in [0.25, 0.3) is 0 Å². The van der Waals surface area contributed by atoms with Crippen LogP contribution in [0.15, 0.2) is 12.7 Å². The van der Waals surface area contributed by atoms with Crippen molar-refractivity contribution >= 4 is 23.0 Å². The van der Waals surface area contributed by atoms with Crippen LogP contribution in [0.2, 0.25) is 0 Å². The molecular formula is C20H33N7O5. The van der Waals surface area contributed by atoms with Gasteiger partial charge in [0.05, 0.1) is 6.33 Å². The van der Waals surface area contributed by atoms with Gasteiger partial charge in [0.2, 0.25) is 0 Å². The summed E-state index contributed by atoms with van der Waals surface area (Å²) in [5.74, 6) is -0.830. The van der Waals surface area contributed by atoms with Crippen LogP contribution in [0.4, 0.5) is 5.82 Å². The van der Waals surface area contributed by atoms with Crippen molar-refractivity contribution in [2.24, 2.45) is 5.73 Å². The van der Waals surface area contributed by atoms with Gasteiger partial charge in [-0.3, -0.25) is 9.36 Å². The van der Waals surface area contributed by atoms with Gasteiger partial charge in [0, 0.05) is 13.1 Å². The number of nitrogens with two attached hydrogens (primary N) is 2. The number of aliphatic hydroxyl groups is 2. The number of hydrogen-bond acceptors (Lipinski definition) is 10. The molecule has 1 aliphatic rings. The number of imidazole rings is 1. The first-order chi connectivity index (χ1) is 15.3. The molecule has 12 heteroatoms. The Labute approximate surface area is 186 Å². The van der Waals surface area contributed by atoms with Crippen molar-refractivity contribution in [1.82, 2.24) is 24.4 Å².